The number of esters is 1. The van der Waals surface area contributed by atoms with E-state index in [1.165, 1.54) is 7.11 Å². The van der Waals surface area contributed by atoms with Crippen molar-refractivity contribution in [2.75, 3.05) is 7.11 Å². The van der Waals surface area contributed by atoms with Crippen LogP contribution in [0.1, 0.15) is 40.1 Å². The highest BCUT2D eigenvalue weighted by atomic mass is 16.5. The lowest BCUT2D eigenvalue weighted by atomic mass is 9.91. The molecule has 0 aliphatic rings. The zero-order chi connectivity index (χ0) is 17.0. The average molecular weight is 312 g/mol. The molecule has 0 heterocycles. The van der Waals surface area contributed by atoms with Crippen LogP contribution >= 0.6 is 0 Å². The Balaban J connectivity index is 2.47. The van der Waals surface area contributed by atoms with Crippen LogP contribution < -0.4 is 0 Å². The second-order valence-electron chi connectivity index (χ2n) is 5.84. The summed E-state index contributed by atoms with van der Waals surface area (Å²) in [5.41, 5.74) is 3.76. The number of benzene rings is 2. The molecule has 2 aromatic carbocycles. The van der Waals surface area contributed by atoms with Crippen LogP contribution in [0, 0.1) is 5.92 Å². The van der Waals surface area contributed by atoms with E-state index in [1.807, 2.05) is 12.1 Å². The van der Waals surface area contributed by atoms with E-state index in [2.05, 4.69) is 13.8 Å². The summed E-state index contributed by atoms with van der Waals surface area (Å²) in [6, 6.07) is 12.2. The second kappa shape index (κ2) is 7.09. The van der Waals surface area contributed by atoms with Gasteiger partial charge >= 0.3 is 11.9 Å². The maximum Gasteiger partial charge on any atom is 0.337 e. The van der Waals surface area contributed by atoms with Gasteiger partial charge in [-0.05, 0) is 53.3 Å². The molecule has 4 heteroatoms. The van der Waals surface area contributed by atoms with Crippen LogP contribution in [0.15, 0.2) is 42.5 Å². The molecule has 4 nitrogen and oxygen atoms in total. The SMILES string of the molecule is COC(=O)c1ccc(-c2ccc(C(=O)O)cc2)c(CC(C)C)c1. The molecule has 1 N–H and O–H groups in total. The Bertz CT molecular complexity index is 715. The highest BCUT2D eigenvalue weighted by Crippen LogP contribution is 2.27. The Morgan fingerprint density at radius 2 is 1.65 bits per heavy atom. The van der Waals surface area contributed by atoms with E-state index in [0.29, 0.717) is 11.5 Å². The van der Waals surface area contributed by atoms with Crippen molar-refractivity contribution in [1.29, 1.82) is 0 Å². The normalized spacial score (nSPS) is 10.6. The fraction of sp³-hybridized carbons (Fsp3) is 0.263. The minimum absolute atomic E-state index is 0.255. The van der Waals surface area contributed by atoms with E-state index in [4.69, 9.17) is 9.84 Å². The van der Waals surface area contributed by atoms with E-state index < -0.39 is 5.97 Å². The van der Waals surface area contributed by atoms with Crippen LogP contribution in [-0.4, -0.2) is 24.2 Å². The maximum atomic E-state index is 11.7. The zero-order valence-corrected chi connectivity index (χ0v) is 13.5. The number of ether oxygens (including phenoxy) is 1. The predicted molar refractivity (Wildman–Crippen MR) is 88.7 cm³/mol. The Hall–Kier alpha value is -2.62. The third kappa shape index (κ3) is 3.97. The van der Waals surface area contributed by atoms with E-state index in [0.717, 1.165) is 23.1 Å². The van der Waals surface area contributed by atoms with Gasteiger partial charge in [0.05, 0.1) is 18.2 Å². The number of carboxylic acids is 1. The fourth-order valence-corrected chi connectivity index (χ4v) is 2.52. The van der Waals surface area contributed by atoms with E-state index in [1.54, 1.807) is 30.3 Å². The Labute approximate surface area is 135 Å². The van der Waals surface area contributed by atoms with Crippen molar-refractivity contribution in [1.82, 2.24) is 0 Å². The summed E-state index contributed by atoms with van der Waals surface area (Å²) in [5.74, 6) is -0.872. The number of carboxylic acid groups (broad SMARTS) is 1. The van der Waals surface area contributed by atoms with Crippen LogP contribution in [0.25, 0.3) is 11.1 Å². The first-order chi connectivity index (χ1) is 10.9. The van der Waals surface area contributed by atoms with Crippen molar-refractivity contribution >= 4 is 11.9 Å². The molecule has 2 aromatic rings. The number of hydrogen-bond acceptors (Lipinski definition) is 3. The highest BCUT2D eigenvalue weighted by Gasteiger charge is 2.13. The minimum Gasteiger partial charge on any atom is -0.478 e. The highest BCUT2D eigenvalue weighted by molar-refractivity contribution is 5.91. The largest absolute Gasteiger partial charge is 0.478 e. The molecule has 23 heavy (non-hydrogen) atoms. The van der Waals surface area contributed by atoms with Gasteiger partial charge in [-0.2, -0.15) is 0 Å². The molecule has 0 amide bonds. The van der Waals surface area contributed by atoms with Crippen molar-refractivity contribution in [2.24, 2.45) is 5.92 Å². The topological polar surface area (TPSA) is 63.6 Å². The van der Waals surface area contributed by atoms with Crippen LogP contribution in [0.4, 0.5) is 0 Å². The van der Waals surface area contributed by atoms with Crippen LogP contribution in [0.3, 0.4) is 0 Å². The smallest absolute Gasteiger partial charge is 0.337 e. The first kappa shape index (κ1) is 16.7. The number of rotatable bonds is 5. The van der Waals surface area contributed by atoms with Crippen molar-refractivity contribution in [3.05, 3.63) is 59.2 Å². The molecular formula is C19H20O4. The lowest BCUT2D eigenvalue weighted by molar-refractivity contribution is 0.0599. The Kier molecular flexibility index (Phi) is 5.16. The van der Waals surface area contributed by atoms with Crippen LogP contribution in [0.5, 0.6) is 0 Å². The third-order valence-corrected chi connectivity index (χ3v) is 3.60. The summed E-state index contributed by atoms with van der Waals surface area (Å²) >= 11 is 0. The lowest BCUT2D eigenvalue weighted by Gasteiger charge is -2.14. The molecule has 0 saturated carbocycles. The predicted octanol–water partition coefficient (Wildman–Crippen LogP) is 4.04. The molecule has 0 saturated heterocycles. The molecule has 0 spiro atoms. The molecule has 0 bridgehead atoms. The molecule has 0 unspecified atom stereocenters. The van der Waals surface area contributed by atoms with Gasteiger partial charge in [-0.3, -0.25) is 0 Å². The third-order valence-electron chi connectivity index (χ3n) is 3.60. The maximum absolute atomic E-state index is 11.7. The molecule has 0 aliphatic heterocycles. The molecular weight excluding hydrogens is 292 g/mol. The standard InChI is InChI=1S/C19H20O4/c1-12(2)10-16-11-15(19(22)23-3)8-9-17(16)13-4-6-14(7-5-13)18(20)21/h4-9,11-12H,10H2,1-3H3,(H,20,21). The molecule has 120 valence electrons. The fourth-order valence-electron chi connectivity index (χ4n) is 2.52. The van der Waals surface area contributed by atoms with E-state index >= 15 is 0 Å². The van der Waals surface area contributed by atoms with Crippen molar-refractivity contribution in [2.45, 2.75) is 20.3 Å². The van der Waals surface area contributed by atoms with Gasteiger partial charge < -0.3 is 9.84 Å². The first-order valence-electron chi connectivity index (χ1n) is 7.47. The van der Waals surface area contributed by atoms with Gasteiger partial charge in [-0.15, -0.1) is 0 Å². The number of hydrogen-bond donors (Lipinski definition) is 1. The van der Waals surface area contributed by atoms with Gasteiger partial charge in [0, 0.05) is 0 Å². The molecule has 2 rings (SSSR count). The average Bonchev–Trinajstić information content (AvgIpc) is 2.53. The molecule has 0 radical (unpaired) electrons. The summed E-state index contributed by atoms with van der Waals surface area (Å²) in [6.07, 6.45) is 0.820. The zero-order valence-electron chi connectivity index (χ0n) is 13.5. The van der Waals surface area contributed by atoms with Crippen molar-refractivity contribution in [3.63, 3.8) is 0 Å². The van der Waals surface area contributed by atoms with Gasteiger partial charge in [0.25, 0.3) is 0 Å². The quantitative estimate of drug-likeness (QED) is 0.846. The summed E-state index contributed by atoms with van der Waals surface area (Å²) in [7, 11) is 1.36. The van der Waals surface area contributed by atoms with E-state index in [9.17, 15) is 9.59 Å². The second-order valence-corrected chi connectivity index (χ2v) is 5.84. The van der Waals surface area contributed by atoms with Crippen LogP contribution in [0.2, 0.25) is 0 Å². The number of carbonyl (C=O) groups is 2. The van der Waals surface area contributed by atoms with Gasteiger partial charge in [0.1, 0.15) is 0 Å². The number of methoxy groups -OCH3 is 1. The van der Waals surface area contributed by atoms with Gasteiger partial charge in [-0.25, -0.2) is 9.59 Å². The van der Waals surface area contributed by atoms with Crippen molar-refractivity contribution in [3.8, 4) is 11.1 Å². The van der Waals surface area contributed by atoms with Crippen LogP contribution in [-0.2, 0) is 11.2 Å². The molecule has 0 fully saturated rings. The Morgan fingerprint density at radius 3 is 2.17 bits per heavy atom. The Morgan fingerprint density at radius 1 is 1.04 bits per heavy atom. The van der Waals surface area contributed by atoms with Gasteiger partial charge in [0.2, 0.25) is 0 Å². The summed E-state index contributed by atoms with van der Waals surface area (Å²) in [5, 5.41) is 8.99. The monoisotopic (exact) mass is 312 g/mol. The first-order valence-corrected chi connectivity index (χ1v) is 7.47. The van der Waals surface area contributed by atoms with Gasteiger partial charge in [0.15, 0.2) is 0 Å². The summed E-state index contributed by atoms with van der Waals surface area (Å²) < 4.78 is 4.78. The van der Waals surface area contributed by atoms with Gasteiger partial charge in [-0.1, -0.05) is 32.0 Å². The molecule has 0 atom stereocenters. The minimum atomic E-state index is -0.944. The summed E-state index contributed by atoms with van der Waals surface area (Å²) in [4.78, 5) is 22.7. The lowest BCUT2D eigenvalue weighted by Crippen LogP contribution is -2.04. The van der Waals surface area contributed by atoms with E-state index in [-0.39, 0.29) is 11.5 Å². The number of carbonyl (C=O) groups excluding carboxylic acids is 1. The number of aromatic carboxylic acids is 1. The summed E-state index contributed by atoms with van der Waals surface area (Å²) in [6.45, 7) is 4.23. The van der Waals surface area contributed by atoms with Crippen molar-refractivity contribution < 1.29 is 19.4 Å². The molecule has 0 aliphatic carbocycles. The molecule has 0 aromatic heterocycles.